The normalized spacial score (nSPS) is 13.6. The fourth-order valence-electron chi connectivity index (χ4n) is 4.00. The average molecular weight is 465 g/mol. The number of halogens is 1. The van der Waals surface area contributed by atoms with Crippen LogP contribution >= 0.6 is 11.6 Å². The predicted molar refractivity (Wildman–Crippen MR) is 134 cm³/mol. The van der Waals surface area contributed by atoms with E-state index in [0.717, 1.165) is 23.4 Å². The second-order valence-corrected chi connectivity index (χ2v) is 8.44. The summed E-state index contributed by atoms with van der Waals surface area (Å²) in [7, 11) is 1.64. The lowest BCUT2D eigenvalue weighted by Gasteiger charge is -2.16. The first-order valence-corrected chi connectivity index (χ1v) is 11.5. The van der Waals surface area contributed by atoms with Gasteiger partial charge in [0.05, 0.1) is 12.7 Å². The Morgan fingerprint density at radius 1 is 0.970 bits per heavy atom. The maximum Gasteiger partial charge on any atom is 0.226 e. The van der Waals surface area contributed by atoms with Crippen molar-refractivity contribution in [2.45, 2.75) is 32.5 Å². The van der Waals surface area contributed by atoms with Crippen molar-refractivity contribution in [1.29, 1.82) is 5.41 Å². The highest BCUT2D eigenvalue weighted by atomic mass is 35.5. The van der Waals surface area contributed by atoms with Crippen molar-refractivity contribution in [3.05, 3.63) is 76.1 Å². The molecule has 7 nitrogen and oxygen atoms in total. The van der Waals surface area contributed by atoms with Crippen LogP contribution in [0.1, 0.15) is 35.1 Å². The number of nitrogens with one attached hydrogen (secondary N) is 3. The van der Waals surface area contributed by atoms with Gasteiger partial charge in [-0.15, -0.1) is 0 Å². The molecule has 1 aliphatic rings. The van der Waals surface area contributed by atoms with Gasteiger partial charge < -0.3 is 20.8 Å². The number of hydrogen-bond acceptors (Lipinski definition) is 7. The number of aromatic nitrogens is 2. The van der Waals surface area contributed by atoms with E-state index >= 15 is 0 Å². The van der Waals surface area contributed by atoms with Crippen LogP contribution in [0.15, 0.2) is 48.5 Å². The standard InChI is InChI=1S/C25H29ClN6O/c1-33-21-9-7-18(8-10-21)15-28-23-22(14-27)24(31-25(26)30-23)29-16-19-5-4-6-20(13-19)17-32-11-2-3-12-32/h4-10,13-14,27H,2-3,11-12,15-17H2,1H3,(H2,28,29,30,31). The van der Waals surface area contributed by atoms with Crippen molar-refractivity contribution in [3.8, 4) is 5.75 Å². The first-order chi connectivity index (χ1) is 16.1. The SMILES string of the molecule is COc1ccc(CNc2nc(Cl)nc(NCc3cccc(CN4CCCC4)c3)c2C=N)cc1. The highest BCUT2D eigenvalue weighted by Crippen LogP contribution is 2.23. The Balaban J connectivity index is 1.44. The highest BCUT2D eigenvalue weighted by molar-refractivity contribution is 6.28. The zero-order chi connectivity index (χ0) is 23.0. The van der Waals surface area contributed by atoms with E-state index in [1.165, 1.54) is 37.7 Å². The lowest BCUT2D eigenvalue weighted by Crippen LogP contribution is -2.18. The minimum Gasteiger partial charge on any atom is -0.497 e. The molecule has 0 unspecified atom stereocenters. The molecule has 2 heterocycles. The van der Waals surface area contributed by atoms with Crippen molar-refractivity contribution in [3.63, 3.8) is 0 Å². The number of ether oxygens (including phenoxy) is 1. The zero-order valence-corrected chi connectivity index (χ0v) is 19.5. The Hall–Kier alpha value is -3.16. The van der Waals surface area contributed by atoms with Gasteiger partial charge in [-0.05, 0) is 66.4 Å². The quantitative estimate of drug-likeness (QED) is 0.290. The molecule has 0 radical (unpaired) electrons. The predicted octanol–water partition coefficient (Wildman–Crippen LogP) is 4.96. The second kappa shape index (κ2) is 11.1. The van der Waals surface area contributed by atoms with Crippen molar-refractivity contribution < 1.29 is 4.74 Å². The summed E-state index contributed by atoms with van der Waals surface area (Å²) in [6, 6.07) is 16.4. The van der Waals surface area contributed by atoms with E-state index in [-0.39, 0.29) is 5.28 Å². The maximum atomic E-state index is 7.92. The molecule has 8 heteroatoms. The van der Waals surface area contributed by atoms with Crippen LogP contribution in [0.5, 0.6) is 5.75 Å². The van der Waals surface area contributed by atoms with Crippen molar-refractivity contribution >= 4 is 29.5 Å². The Kier molecular flexibility index (Phi) is 7.75. The summed E-state index contributed by atoms with van der Waals surface area (Å²) >= 11 is 6.20. The maximum absolute atomic E-state index is 7.92. The Morgan fingerprint density at radius 3 is 2.24 bits per heavy atom. The Morgan fingerprint density at radius 2 is 1.61 bits per heavy atom. The topological polar surface area (TPSA) is 86.2 Å². The van der Waals surface area contributed by atoms with Crippen molar-refractivity contribution in [1.82, 2.24) is 14.9 Å². The van der Waals surface area contributed by atoms with Crippen LogP contribution in [0.2, 0.25) is 5.28 Å². The Bertz CT molecular complexity index is 1080. The third-order valence-electron chi connectivity index (χ3n) is 5.74. The van der Waals surface area contributed by atoms with Crippen LogP contribution in [0.25, 0.3) is 0 Å². The number of nitrogens with zero attached hydrogens (tertiary/aromatic N) is 3. The van der Waals surface area contributed by atoms with E-state index < -0.39 is 0 Å². The number of hydrogen-bond donors (Lipinski definition) is 3. The number of methoxy groups -OCH3 is 1. The van der Waals surface area contributed by atoms with Crippen LogP contribution in [-0.4, -0.2) is 41.3 Å². The van der Waals surface area contributed by atoms with Gasteiger partial charge in [0.25, 0.3) is 0 Å². The van der Waals surface area contributed by atoms with Crippen molar-refractivity contribution in [2.75, 3.05) is 30.8 Å². The highest BCUT2D eigenvalue weighted by Gasteiger charge is 2.14. The number of rotatable bonds is 10. The molecule has 1 saturated heterocycles. The van der Waals surface area contributed by atoms with Gasteiger partial charge in [-0.1, -0.05) is 36.4 Å². The summed E-state index contributed by atoms with van der Waals surface area (Å²) in [6.45, 7) is 4.46. The van der Waals surface area contributed by atoms with E-state index in [0.29, 0.717) is 30.3 Å². The molecule has 33 heavy (non-hydrogen) atoms. The van der Waals surface area contributed by atoms with Crippen molar-refractivity contribution in [2.24, 2.45) is 0 Å². The summed E-state index contributed by atoms with van der Waals surface area (Å²) in [4.78, 5) is 11.1. The van der Waals surface area contributed by atoms with Crippen LogP contribution in [0, 0.1) is 5.41 Å². The molecule has 4 rings (SSSR count). The Labute approximate surface area is 199 Å². The summed E-state index contributed by atoms with van der Waals surface area (Å²) < 4.78 is 5.20. The van der Waals surface area contributed by atoms with Gasteiger partial charge in [0.1, 0.15) is 17.4 Å². The molecule has 0 saturated carbocycles. The largest absolute Gasteiger partial charge is 0.497 e. The monoisotopic (exact) mass is 464 g/mol. The number of likely N-dealkylation sites (tertiary alicyclic amines) is 1. The third-order valence-corrected chi connectivity index (χ3v) is 5.91. The molecule has 1 fully saturated rings. The molecule has 0 spiro atoms. The lowest BCUT2D eigenvalue weighted by molar-refractivity contribution is 0.331. The molecule has 1 aromatic heterocycles. The summed E-state index contributed by atoms with van der Waals surface area (Å²) in [5.41, 5.74) is 4.10. The molecule has 0 amide bonds. The van der Waals surface area contributed by atoms with Gasteiger partial charge in [0.15, 0.2) is 0 Å². The molecule has 0 bridgehead atoms. The second-order valence-electron chi connectivity index (χ2n) is 8.11. The minimum absolute atomic E-state index is 0.128. The molecule has 0 aliphatic carbocycles. The van der Waals surface area contributed by atoms with Gasteiger partial charge in [-0.2, -0.15) is 9.97 Å². The van der Waals surface area contributed by atoms with Crippen LogP contribution in [0.3, 0.4) is 0 Å². The van der Waals surface area contributed by atoms with Crippen LogP contribution in [0.4, 0.5) is 11.6 Å². The van der Waals surface area contributed by atoms with E-state index in [9.17, 15) is 0 Å². The fraction of sp³-hybridized carbons (Fsp3) is 0.320. The summed E-state index contributed by atoms with van der Waals surface area (Å²) in [6.07, 6.45) is 3.83. The molecule has 1 aliphatic heterocycles. The zero-order valence-electron chi connectivity index (χ0n) is 18.8. The molecule has 172 valence electrons. The van der Waals surface area contributed by atoms with Gasteiger partial charge >= 0.3 is 0 Å². The average Bonchev–Trinajstić information content (AvgIpc) is 3.35. The van der Waals surface area contributed by atoms with Gasteiger partial charge in [0, 0.05) is 25.8 Å². The van der Waals surface area contributed by atoms with E-state index in [1.807, 2.05) is 24.3 Å². The van der Waals surface area contributed by atoms with E-state index in [4.69, 9.17) is 21.7 Å². The summed E-state index contributed by atoms with van der Waals surface area (Å²) in [5, 5.41) is 14.7. The fourth-order valence-corrected chi connectivity index (χ4v) is 4.17. The molecule has 0 atom stereocenters. The van der Waals surface area contributed by atoms with Crippen LogP contribution in [-0.2, 0) is 19.6 Å². The van der Waals surface area contributed by atoms with Crippen LogP contribution < -0.4 is 15.4 Å². The molecule has 2 aromatic carbocycles. The third kappa shape index (κ3) is 6.21. The minimum atomic E-state index is 0.128. The smallest absolute Gasteiger partial charge is 0.226 e. The first kappa shape index (κ1) is 23.0. The van der Waals surface area contributed by atoms with E-state index in [1.54, 1.807) is 7.11 Å². The van der Waals surface area contributed by atoms with Gasteiger partial charge in [0.2, 0.25) is 5.28 Å². The number of benzene rings is 2. The molecular formula is C25H29ClN6O. The van der Waals surface area contributed by atoms with E-state index in [2.05, 4.69) is 49.8 Å². The summed E-state index contributed by atoms with van der Waals surface area (Å²) in [5.74, 6) is 1.86. The molecule has 3 aromatic rings. The number of anilines is 2. The molecular weight excluding hydrogens is 436 g/mol. The first-order valence-electron chi connectivity index (χ1n) is 11.1. The molecule has 3 N–H and O–H groups in total. The van der Waals surface area contributed by atoms with Gasteiger partial charge in [-0.3, -0.25) is 4.90 Å². The lowest BCUT2D eigenvalue weighted by atomic mass is 10.1. The van der Waals surface area contributed by atoms with Gasteiger partial charge in [-0.25, -0.2) is 0 Å².